The topological polar surface area (TPSA) is 35.2 Å². The summed E-state index contributed by atoms with van der Waals surface area (Å²) in [5, 5.41) is 0. The summed E-state index contributed by atoms with van der Waals surface area (Å²) in [5.41, 5.74) is 6.35. The van der Waals surface area contributed by atoms with Crippen LogP contribution < -0.4 is 10.5 Å². The van der Waals surface area contributed by atoms with Gasteiger partial charge in [-0.05, 0) is 18.2 Å². The number of hydrogen-bond donors (Lipinski definition) is 1. The summed E-state index contributed by atoms with van der Waals surface area (Å²) in [7, 11) is 0. The van der Waals surface area contributed by atoms with Gasteiger partial charge in [0.05, 0.1) is 6.04 Å². The average molecular weight is 231 g/mol. The molecule has 3 heteroatoms. The van der Waals surface area contributed by atoms with Gasteiger partial charge in [0.2, 0.25) is 0 Å². The molecule has 0 radical (unpaired) electrons. The molecule has 2 rings (SSSR count). The molecule has 0 saturated carbocycles. The molecule has 0 bridgehead atoms. The number of rotatable bonds is 4. The van der Waals surface area contributed by atoms with Crippen LogP contribution in [0.25, 0.3) is 0 Å². The van der Waals surface area contributed by atoms with E-state index in [1.165, 1.54) is 6.07 Å². The summed E-state index contributed by atoms with van der Waals surface area (Å²) >= 11 is 0. The average Bonchev–Trinajstić information content (AvgIpc) is 2.38. The van der Waals surface area contributed by atoms with E-state index in [0.29, 0.717) is 5.56 Å². The van der Waals surface area contributed by atoms with Gasteiger partial charge in [0.25, 0.3) is 0 Å². The van der Waals surface area contributed by atoms with Crippen molar-refractivity contribution in [2.45, 2.75) is 6.04 Å². The van der Waals surface area contributed by atoms with E-state index in [1.54, 1.807) is 18.2 Å². The third kappa shape index (κ3) is 3.04. The monoisotopic (exact) mass is 231 g/mol. The first-order valence-corrected chi connectivity index (χ1v) is 5.45. The van der Waals surface area contributed by atoms with Gasteiger partial charge in [0.15, 0.2) is 0 Å². The summed E-state index contributed by atoms with van der Waals surface area (Å²) < 4.78 is 18.9. The van der Waals surface area contributed by atoms with Gasteiger partial charge in [0, 0.05) is 5.56 Å². The summed E-state index contributed by atoms with van der Waals surface area (Å²) in [4.78, 5) is 0. The predicted molar refractivity (Wildman–Crippen MR) is 65.3 cm³/mol. The molecule has 0 spiro atoms. The minimum atomic E-state index is -0.462. The molecule has 0 aliphatic carbocycles. The van der Waals surface area contributed by atoms with Gasteiger partial charge in [-0.3, -0.25) is 0 Å². The first kappa shape index (κ1) is 11.6. The molecule has 1 atom stereocenters. The van der Waals surface area contributed by atoms with Gasteiger partial charge in [-0.1, -0.05) is 36.4 Å². The SMILES string of the molecule is NC(COc1ccccc1)c1ccccc1F. The Balaban J connectivity index is 1.99. The highest BCUT2D eigenvalue weighted by Gasteiger charge is 2.11. The van der Waals surface area contributed by atoms with E-state index in [4.69, 9.17) is 10.5 Å². The molecule has 0 saturated heterocycles. The highest BCUT2D eigenvalue weighted by Crippen LogP contribution is 2.16. The van der Waals surface area contributed by atoms with Crippen molar-refractivity contribution in [3.8, 4) is 5.75 Å². The van der Waals surface area contributed by atoms with Crippen molar-refractivity contribution in [1.82, 2.24) is 0 Å². The largest absolute Gasteiger partial charge is 0.492 e. The standard InChI is InChI=1S/C14H14FNO/c15-13-9-5-4-8-12(13)14(16)10-17-11-6-2-1-3-7-11/h1-9,14H,10,16H2. The zero-order valence-corrected chi connectivity index (χ0v) is 9.34. The Labute approximate surface area is 99.8 Å². The first-order valence-electron chi connectivity index (χ1n) is 5.45. The van der Waals surface area contributed by atoms with Crippen LogP contribution in [0.1, 0.15) is 11.6 Å². The van der Waals surface area contributed by atoms with Crippen molar-refractivity contribution in [3.05, 3.63) is 66.0 Å². The van der Waals surface area contributed by atoms with Crippen molar-refractivity contribution < 1.29 is 9.13 Å². The molecule has 0 aliphatic rings. The third-order valence-corrected chi connectivity index (χ3v) is 2.48. The van der Waals surface area contributed by atoms with Crippen LogP contribution in [-0.2, 0) is 0 Å². The molecule has 0 heterocycles. The van der Waals surface area contributed by atoms with Crippen LogP contribution in [0.4, 0.5) is 4.39 Å². The molecule has 0 amide bonds. The number of halogens is 1. The second kappa shape index (κ2) is 5.46. The van der Waals surface area contributed by atoms with Crippen molar-refractivity contribution >= 4 is 0 Å². The van der Waals surface area contributed by atoms with Crippen molar-refractivity contribution in [1.29, 1.82) is 0 Å². The summed E-state index contributed by atoms with van der Waals surface area (Å²) in [6, 6.07) is 15.4. The van der Waals surface area contributed by atoms with Crippen LogP contribution in [0.15, 0.2) is 54.6 Å². The van der Waals surface area contributed by atoms with Gasteiger partial charge in [-0.15, -0.1) is 0 Å². The molecular formula is C14H14FNO. The zero-order chi connectivity index (χ0) is 12.1. The lowest BCUT2D eigenvalue weighted by molar-refractivity contribution is 0.288. The van der Waals surface area contributed by atoms with Gasteiger partial charge in [-0.25, -0.2) is 4.39 Å². The van der Waals surface area contributed by atoms with Crippen LogP contribution >= 0.6 is 0 Å². The molecule has 0 aliphatic heterocycles. The number of ether oxygens (including phenoxy) is 1. The maximum atomic E-state index is 13.4. The van der Waals surface area contributed by atoms with E-state index >= 15 is 0 Å². The Bertz CT molecular complexity index is 473. The van der Waals surface area contributed by atoms with Gasteiger partial charge in [-0.2, -0.15) is 0 Å². The maximum absolute atomic E-state index is 13.4. The molecule has 2 aromatic carbocycles. The van der Waals surface area contributed by atoms with Crippen LogP contribution in [0.3, 0.4) is 0 Å². The molecular weight excluding hydrogens is 217 g/mol. The lowest BCUT2D eigenvalue weighted by Crippen LogP contribution is -2.20. The fraction of sp³-hybridized carbons (Fsp3) is 0.143. The fourth-order valence-corrected chi connectivity index (χ4v) is 1.57. The van der Waals surface area contributed by atoms with E-state index in [1.807, 2.05) is 30.3 Å². The molecule has 2 aromatic rings. The Morgan fingerprint density at radius 3 is 2.35 bits per heavy atom. The number of nitrogens with two attached hydrogens (primary N) is 1. The second-order valence-electron chi connectivity index (χ2n) is 3.75. The predicted octanol–water partition coefficient (Wildman–Crippen LogP) is 2.90. The van der Waals surface area contributed by atoms with Crippen LogP contribution in [0, 0.1) is 5.82 Å². The van der Waals surface area contributed by atoms with E-state index in [0.717, 1.165) is 5.75 Å². The molecule has 1 unspecified atom stereocenters. The Hall–Kier alpha value is -1.87. The van der Waals surface area contributed by atoms with Crippen molar-refractivity contribution in [3.63, 3.8) is 0 Å². The minimum Gasteiger partial charge on any atom is -0.492 e. The molecule has 0 fully saturated rings. The molecule has 17 heavy (non-hydrogen) atoms. The lowest BCUT2D eigenvalue weighted by Gasteiger charge is -2.14. The summed E-state index contributed by atoms with van der Waals surface area (Å²) in [5.74, 6) is 0.441. The molecule has 0 aromatic heterocycles. The number of para-hydroxylation sites is 1. The summed E-state index contributed by atoms with van der Waals surface area (Å²) in [6.45, 7) is 0.255. The van der Waals surface area contributed by atoms with E-state index < -0.39 is 6.04 Å². The Kier molecular flexibility index (Phi) is 3.73. The van der Waals surface area contributed by atoms with Gasteiger partial charge >= 0.3 is 0 Å². The van der Waals surface area contributed by atoms with Gasteiger partial charge in [0.1, 0.15) is 18.2 Å². The van der Waals surface area contributed by atoms with E-state index in [-0.39, 0.29) is 12.4 Å². The van der Waals surface area contributed by atoms with Crippen LogP contribution in [0.2, 0.25) is 0 Å². The summed E-state index contributed by atoms with van der Waals surface area (Å²) in [6.07, 6.45) is 0. The van der Waals surface area contributed by atoms with Crippen molar-refractivity contribution in [2.24, 2.45) is 5.73 Å². The maximum Gasteiger partial charge on any atom is 0.128 e. The molecule has 2 nitrogen and oxygen atoms in total. The first-order chi connectivity index (χ1) is 8.27. The highest BCUT2D eigenvalue weighted by molar-refractivity contribution is 5.23. The highest BCUT2D eigenvalue weighted by atomic mass is 19.1. The lowest BCUT2D eigenvalue weighted by atomic mass is 10.1. The third-order valence-electron chi connectivity index (χ3n) is 2.48. The zero-order valence-electron chi connectivity index (χ0n) is 9.34. The van der Waals surface area contributed by atoms with Gasteiger partial charge < -0.3 is 10.5 Å². The minimum absolute atomic E-state index is 0.255. The molecule has 88 valence electrons. The Morgan fingerprint density at radius 2 is 1.65 bits per heavy atom. The smallest absolute Gasteiger partial charge is 0.128 e. The molecule has 2 N–H and O–H groups in total. The van der Waals surface area contributed by atoms with Crippen LogP contribution in [0.5, 0.6) is 5.75 Å². The van der Waals surface area contributed by atoms with E-state index in [9.17, 15) is 4.39 Å². The number of benzene rings is 2. The Morgan fingerprint density at radius 1 is 1.00 bits per heavy atom. The quantitative estimate of drug-likeness (QED) is 0.878. The number of hydrogen-bond acceptors (Lipinski definition) is 2. The van der Waals surface area contributed by atoms with Crippen molar-refractivity contribution in [2.75, 3.05) is 6.61 Å². The van der Waals surface area contributed by atoms with E-state index in [2.05, 4.69) is 0 Å². The fourth-order valence-electron chi connectivity index (χ4n) is 1.57. The van der Waals surface area contributed by atoms with Crippen LogP contribution in [-0.4, -0.2) is 6.61 Å². The second-order valence-corrected chi connectivity index (χ2v) is 3.75. The normalized spacial score (nSPS) is 12.1.